The fraction of sp³-hybridized carbons (Fsp3) is 0.235. The molecule has 2 aromatic heterocycles. The van der Waals surface area contributed by atoms with Crippen LogP contribution in [-0.4, -0.2) is 13.1 Å². The first kappa shape index (κ1) is 10.8. The highest BCUT2D eigenvalue weighted by molar-refractivity contribution is 5.87. The van der Waals surface area contributed by atoms with Gasteiger partial charge in [-0.05, 0) is 42.5 Å². The van der Waals surface area contributed by atoms with Crippen LogP contribution in [0.15, 0.2) is 54.9 Å². The van der Waals surface area contributed by atoms with Gasteiger partial charge in [0.2, 0.25) is 5.52 Å². The van der Waals surface area contributed by atoms with Crippen molar-refractivity contribution < 1.29 is 4.40 Å². The van der Waals surface area contributed by atoms with E-state index in [9.17, 15) is 0 Å². The maximum Gasteiger partial charge on any atom is 0.211 e. The van der Waals surface area contributed by atoms with Gasteiger partial charge in [0.15, 0.2) is 12.4 Å². The molecule has 0 bridgehead atoms. The number of hydrogen-bond donors (Lipinski definition) is 0. The van der Waals surface area contributed by atoms with Crippen molar-refractivity contribution in [1.29, 1.82) is 0 Å². The van der Waals surface area contributed by atoms with E-state index in [1.807, 2.05) is 0 Å². The van der Waals surface area contributed by atoms with Crippen LogP contribution in [0, 0.1) is 0 Å². The standard InChI is InChI=1S/C17H17N2/c1-2-10-19-13-14-6-7-17(18-8-3-4-9-18)12-15(14)11-16(19)5-1/h1-2,5-7,10-13H,3-4,8-9H2/q+1. The first-order valence-electron chi connectivity index (χ1n) is 6.99. The fourth-order valence-corrected chi connectivity index (χ4v) is 2.99. The highest BCUT2D eigenvalue weighted by Gasteiger charge is 2.13. The van der Waals surface area contributed by atoms with Crippen molar-refractivity contribution in [3.8, 4) is 0 Å². The average molecular weight is 249 g/mol. The summed E-state index contributed by atoms with van der Waals surface area (Å²) in [6, 6.07) is 15.4. The molecule has 0 atom stereocenters. The lowest BCUT2D eigenvalue weighted by atomic mass is 10.1. The van der Waals surface area contributed by atoms with Gasteiger partial charge in [-0.25, -0.2) is 0 Å². The highest BCUT2D eigenvalue weighted by atomic mass is 15.1. The van der Waals surface area contributed by atoms with E-state index in [1.54, 1.807) is 0 Å². The van der Waals surface area contributed by atoms with Gasteiger partial charge in [0.25, 0.3) is 0 Å². The zero-order chi connectivity index (χ0) is 12.7. The lowest BCUT2D eigenvalue weighted by molar-refractivity contribution is -0.510. The second-order valence-electron chi connectivity index (χ2n) is 5.31. The van der Waals surface area contributed by atoms with Crippen molar-refractivity contribution in [2.75, 3.05) is 18.0 Å². The Labute approximate surface area is 112 Å². The minimum atomic E-state index is 1.20. The fourth-order valence-electron chi connectivity index (χ4n) is 2.99. The molecule has 0 saturated carbocycles. The quantitative estimate of drug-likeness (QED) is 0.474. The third-order valence-electron chi connectivity index (χ3n) is 4.05. The van der Waals surface area contributed by atoms with Crippen LogP contribution in [0.2, 0.25) is 0 Å². The van der Waals surface area contributed by atoms with E-state index in [0.29, 0.717) is 0 Å². The van der Waals surface area contributed by atoms with E-state index in [4.69, 9.17) is 0 Å². The second-order valence-corrected chi connectivity index (χ2v) is 5.31. The number of rotatable bonds is 1. The lowest BCUT2D eigenvalue weighted by Crippen LogP contribution is -2.20. The minimum Gasteiger partial charge on any atom is -0.372 e. The van der Waals surface area contributed by atoms with E-state index < -0.39 is 0 Å². The largest absolute Gasteiger partial charge is 0.372 e. The first-order chi connectivity index (χ1) is 9.40. The molecule has 0 N–H and O–H groups in total. The molecule has 3 aromatic rings. The van der Waals surface area contributed by atoms with E-state index in [2.05, 4.69) is 64.2 Å². The topological polar surface area (TPSA) is 7.34 Å². The maximum atomic E-state index is 2.49. The Morgan fingerprint density at radius 3 is 2.68 bits per heavy atom. The van der Waals surface area contributed by atoms with Crippen LogP contribution in [0.3, 0.4) is 0 Å². The molecular weight excluding hydrogens is 232 g/mol. The molecule has 0 unspecified atom stereocenters. The van der Waals surface area contributed by atoms with Crippen LogP contribution in [-0.2, 0) is 0 Å². The summed E-state index contributed by atoms with van der Waals surface area (Å²) in [5, 5.41) is 2.63. The number of benzene rings is 1. The molecule has 4 rings (SSSR count). The highest BCUT2D eigenvalue weighted by Crippen LogP contribution is 2.25. The number of nitrogens with zero attached hydrogens (tertiary/aromatic N) is 2. The van der Waals surface area contributed by atoms with E-state index in [1.165, 1.54) is 47.9 Å². The molecule has 2 nitrogen and oxygen atoms in total. The van der Waals surface area contributed by atoms with Crippen molar-refractivity contribution in [1.82, 2.24) is 0 Å². The number of anilines is 1. The third kappa shape index (κ3) is 1.84. The van der Waals surface area contributed by atoms with Crippen LogP contribution >= 0.6 is 0 Å². The van der Waals surface area contributed by atoms with Gasteiger partial charge >= 0.3 is 0 Å². The molecule has 0 aliphatic carbocycles. The lowest BCUT2D eigenvalue weighted by Gasteiger charge is -2.17. The molecule has 3 heterocycles. The Balaban J connectivity index is 1.89. The summed E-state index contributed by atoms with van der Waals surface area (Å²) in [7, 11) is 0. The maximum absolute atomic E-state index is 2.49. The molecule has 1 aliphatic heterocycles. The smallest absolute Gasteiger partial charge is 0.211 e. The van der Waals surface area contributed by atoms with E-state index in [0.717, 1.165) is 0 Å². The second kappa shape index (κ2) is 4.23. The zero-order valence-corrected chi connectivity index (χ0v) is 10.9. The number of pyridine rings is 2. The van der Waals surface area contributed by atoms with Crippen LogP contribution in [0.25, 0.3) is 16.3 Å². The Bertz CT molecular complexity index is 742. The van der Waals surface area contributed by atoms with Gasteiger partial charge in [-0.3, -0.25) is 0 Å². The third-order valence-corrected chi connectivity index (χ3v) is 4.05. The van der Waals surface area contributed by atoms with Gasteiger partial charge in [-0.2, -0.15) is 4.40 Å². The Hall–Kier alpha value is -2.09. The summed E-state index contributed by atoms with van der Waals surface area (Å²) in [6.45, 7) is 2.40. The van der Waals surface area contributed by atoms with Crippen molar-refractivity contribution in [3.63, 3.8) is 0 Å². The average Bonchev–Trinajstić information content (AvgIpc) is 2.98. The summed E-state index contributed by atoms with van der Waals surface area (Å²) >= 11 is 0. The van der Waals surface area contributed by atoms with E-state index in [-0.39, 0.29) is 0 Å². The predicted molar refractivity (Wildman–Crippen MR) is 78.6 cm³/mol. The Kier molecular flexibility index (Phi) is 2.41. The van der Waals surface area contributed by atoms with E-state index >= 15 is 0 Å². The molecule has 1 aromatic carbocycles. The predicted octanol–water partition coefficient (Wildman–Crippen LogP) is 3.18. The van der Waals surface area contributed by atoms with Crippen LogP contribution in [0.5, 0.6) is 0 Å². The number of aromatic nitrogens is 1. The molecule has 0 amide bonds. The number of hydrogen-bond acceptors (Lipinski definition) is 1. The van der Waals surface area contributed by atoms with Crippen molar-refractivity contribution in [2.45, 2.75) is 12.8 Å². The molecule has 19 heavy (non-hydrogen) atoms. The van der Waals surface area contributed by atoms with Gasteiger partial charge < -0.3 is 4.90 Å². The minimum absolute atomic E-state index is 1.20. The SMILES string of the molecule is c1cc[n+]2cc3ccc(N4CCCC4)cc3cc2c1. The molecule has 94 valence electrons. The van der Waals surface area contributed by atoms with Crippen LogP contribution in [0.1, 0.15) is 12.8 Å². The Morgan fingerprint density at radius 2 is 1.79 bits per heavy atom. The summed E-state index contributed by atoms with van der Waals surface area (Å²) in [5.74, 6) is 0. The zero-order valence-electron chi connectivity index (χ0n) is 10.9. The number of fused-ring (bicyclic) bond motifs is 2. The molecule has 1 saturated heterocycles. The van der Waals surface area contributed by atoms with Crippen LogP contribution in [0.4, 0.5) is 5.69 Å². The molecule has 1 fully saturated rings. The van der Waals surface area contributed by atoms with Gasteiger partial charge in [0.05, 0.1) is 0 Å². The monoisotopic (exact) mass is 249 g/mol. The molecule has 2 heteroatoms. The van der Waals surface area contributed by atoms with Gasteiger partial charge in [-0.1, -0.05) is 0 Å². The molecule has 0 spiro atoms. The van der Waals surface area contributed by atoms with Crippen molar-refractivity contribution >= 4 is 22.0 Å². The van der Waals surface area contributed by atoms with Gasteiger partial charge in [-0.15, -0.1) is 0 Å². The first-order valence-corrected chi connectivity index (χ1v) is 6.99. The normalized spacial score (nSPS) is 15.5. The molecular formula is C17H17N2+. The summed E-state index contributed by atoms with van der Waals surface area (Å²) in [5.41, 5.74) is 2.61. The van der Waals surface area contributed by atoms with Gasteiger partial charge in [0, 0.05) is 42.4 Å². The van der Waals surface area contributed by atoms with Crippen molar-refractivity contribution in [3.05, 3.63) is 54.9 Å². The molecule has 1 aliphatic rings. The summed E-state index contributed by atoms with van der Waals surface area (Å²) in [4.78, 5) is 2.49. The van der Waals surface area contributed by atoms with Crippen LogP contribution < -0.4 is 9.30 Å². The summed E-state index contributed by atoms with van der Waals surface area (Å²) < 4.78 is 2.18. The summed E-state index contributed by atoms with van der Waals surface area (Å²) in [6.07, 6.45) is 6.96. The molecule has 0 radical (unpaired) electrons. The van der Waals surface area contributed by atoms with Crippen molar-refractivity contribution in [2.24, 2.45) is 0 Å². The Morgan fingerprint density at radius 1 is 0.895 bits per heavy atom. The van der Waals surface area contributed by atoms with Gasteiger partial charge in [0.1, 0.15) is 0 Å².